The summed E-state index contributed by atoms with van der Waals surface area (Å²) in [5.74, 6) is 1.96. The predicted molar refractivity (Wildman–Crippen MR) is 213 cm³/mol. The van der Waals surface area contributed by atoms with E-state index >= 15 is 0 Å². The Labute approximate surface area is 296 Å². The van der Waals surface area contributed by atoms with E-state index in [0.717, 1.165) is 33.4 Å². The third-order valence-corrected chi connectivity index (χ3v) is 11.6. The van der Waals surface area contributed by atoms with Crippen molar-refractivity contribution >= 4 is 63.0 Å². The lowest BCUT2D eigenvalue weighted by Gasteiger charge is -2.10. The van der Waals surface area contributed by atoms with Gasteiger partial charge in [-0.2, -0.15) is 0 Å². The summed E-state index contributed by atoms with van der Waals surface area (Å²) in [4.78, 5) is 15.3. The Hall–Kier alpha value is -6.01. The van der Waals surface area contributed by atoms with Crippen molar-refractivity contribution in [1.82, 2.24) is 15.0 Å². The maximum atomic E-state index is 5.09. The highest BCUT2D eigenvalue weighted by Gasteiger charge is 2.15. The van der Waals surface area contributed by atoms with Crippen molar-refractivity contribution in [3.63, 3.8) is 0 Å². The molecule has 0 N–H and O–H groups in total. The van der Waals surface area contributed by atoms with Crippen molar-refractivity contribution in [3.05, 3.63) is 164 Å². The van der Waals surface area contributed by atoms with Crippen molar-refractivity contribution in [3.8, 4) is 56.4 Å². The number of hydrogen-bond acceptors (Lipinski definition) is 5. The predicted octanol–water partition coefficient (Wildman–Crippen LogP) is 12.9. The molecule has 50 heavy (non-hydrogen) atoms. The molecule has 10 aromatic rings. The van der Waals surface area contributed by atoms with Gasteiger partial charge in [-0.1, -0.05) is 133 Å². The van der Waals surface area contributed by atoms with Crippen LogP contribution in [0.4, 0.5) is 0 Å². The van der Waals surface area contributed by atoms with E-state index < -0.39 is 0 Å². The van der Waals surface area contributed by atoms with Crippen molar-refractivity contribution in [2.24, 2.45) is 0 Å². The van der Waals surface area contributed by atoms with Gasteiger partial charge < -0.3 is 0 Å². The molecule has 0 bridgehead atoms. The zero-order valence-electron chi connectivity index (χ0n) is 26.7. The first-order valence-corrected chi connectivity index (χ1v) is 18.2. The molecule has 0 saturated carbocycles. The third kappa shape index (κ3) is 5.07. The molecule has 0 aliphatic heterocycles. The number of nitrogens with zero attached hydrogens (tertiary/aromatic N) is 3. The first-order chi connectivity index (χ1) is 24.7. The Morgan fingerprint density at radius 3 is 1.32 bits per heavy atom. The van der Waals surface area contributed by atoms with E-state index in [1.54, 1.807) is 11.3 Å². The summed E-state index contributed by atoms with van der Waals surface area (Å²) >= 11 is 3.65. The minimum absolute atomic E-state index is 0.651. The Morgan fingerprint density at radius 1 is 0.260 bits per heavy atom. The molecular formula is C45H27N3S2. The highest BCUT2D eigenvalue weighted by molar-refractivity contribution is 7.26. The van der Waals surface area contributed by atoms with Crippen LogP contribution in [0.1, 0.15) is 0 Å². The molecular weight excluding hydrogens is 647 g/mol. The number of aromatic nitrogens is 3. The van der Waals surface area contributed by atoms with Crippen LogP contribution in [0.3, 0.4) is 0 Å². The van der Waals surface area contributed by atoms with E-state index in [9.17, 15) is 0 Å². The van der Waals surface area contributed by atoms with Gasteiger partial charge >= 0.3 is 0 Å². The SMILES string of the molecule is c1ccc(-c2cccc(-c3nc(-c4ccc(-c5ccc6c(c5)sc5ccccc56)cc4)nc(-c4ccc5c(c4)sc4ccccc45)n3)c2)cc1. The lowest BCUT2D eigenvalue weighted by Crippen LogP contribution is -2.00. The minimum Gasteiger partial charge on any atom is -0.208 e. The van der Waals surface area contributed by atoms with Crippen molar-refractivity contribution < 1.29 is 0 Å². The molecule has 7 aromatic carbocycles. The van der Waals surface area contributed by atoms with Crippen LogP contribution in [0, 0.1) is 0 Å². The third-order valence-electron chi connectivity index (χ3n) is 9.36. The highest BCUT2D eigenvalue weighted by Crippen LogP contribution is 2.38. The molecule has 5 heteroatoms. The molecule has 0 fully saturated rings. The molecule has 3 heterocycles. The zero-order valence-corrected chi connectivity index (χ0v) is 28.4. The number of benzene rings is 7. The smallest absolute Gasteiger partial charge is 0.164 e. The number of thiophene rings is 2. The molecule has 0 aliphatic carbocycles. The van der Waals surface area contributed by atoms with Gasteiger partial charge in [-0.3, -0.25) is 0 Å². The Bertz CT molecular complexity index is 2870. The summed E-state index contributed by atoms with van der Waals surface area (Å²) < 4.78 is 5.12. The quantitative estimate of drug-likeness (QED) is 0.182. The van der Waals surface area contributed by atoms with Gasteiger partial charge in [0.2, 0.25) is 0 Å². The highest BCUT2D eigenvalue weighted by atomic mass is 32.1. The molecule has 3 nitrogen and oxygen atoms in total. The largest absolute Gasteiger partial charge is 0.208 e. The van der Waals surface area contributed by atoms with E-state index in [4.69, 9.17) is 15.0 Å². The maximum absolute atomic E-state index is 5.09. The molecule has 0 radical (unpaired) electrons. The second kappa shape index (κ2) is 11.8. The van der Waals surface area contributed by atoms with Gasteiger partial charge in [-0.15, -0.1) is 22.7 Å². The van der Waals surface area contributed by atoms with E-state index in [0.29, 0.717) is 17.5 Å². The van der Waals surface area contributed by atoms with Crippen LogP contribution in [0.15, 0.2) is 164 Å². The standard InChI is InChI=1S/C45H27N3S2/c1-2-9-28(10-3-1)31-11-8-12-33(25-31)44-46-43(47-45(48-44)34-22-24-38-36-14-5-7-16-40(36)50-42(38)27-34)30-19-17-29(18-20-30)32-21-23-37-35-13-4-6-15-39(35)49-41(37)26-32/h1-27H. The van der Waals surface area contributed by atoms with Crippen molar-refractivity contribution in [1.29, 1.82) is 0 Å². The minimum atomic E-state index is 0.651. The van der Waals surface area contributed by atoms with Crippen LogP contribution < -0.4 is 0 Å². The van der Waals surface area contributed by atoms with Crippen molar-refractivity contribution in [2.45, 2.75) is 0 Å². The first-order valence-electron chi connectivity index (χ1n) is 16.6. The van der Waals surface area contributed by atoms with Crippen LogP contribution in [0.5, 0.6) is 0 Å². The fraction of sp³-hybridized carbons (Fsp3) is 0. The van der Waals surface area contributed by atoms with Crippen LogP contribution >= 0.6 is 22.7 Å². The Balaban J connectivity index is 1.08. The van der Waals surface area contributed by atoms with Gasteiger partial charge in [0.1, 0.15) is 0 Å². The van der Waals surface area contributed by atoms with Gasteiger partial charge in [0.25, 0.3) is 0 Å². The lowest BCUT2D eigenvalue weighted by atomic mass is 10.0. The molecule has 0 atom stereocenters. The lowest BCUT2D eigenvalue weighted by molar-refractivity contribution is 1.07. The van der Waals surface area contributed by atoms with Crippen LogP contribution in [0.2, 0.25) is 0 Å². The van der Waals surface area contributed by atoms with Gasteiger partial charge in [-0.05, 0) is 52.6 Å². The normalized spacial score (nSPS) is 11.6. The number of hydrogen-bond donors (Lipinski definition) is 0. The van der Waals surface area contributed by atoms with Gasteiger partial charge in [0.05, 0.1) is 0 Å². The molecule has 0 saturated heterocycles. The Kier molecular flexibility index (Phi) is 6.86. The van der Waals surface area contributed by atoms with Crippen LogP contribution in [-0.2, 0) is 0 Å². The van der Waals surface area contributed by atoms with Gasteiger partial charge in [0, 0.05) is 57.0 Å². The molecule has 0 unspecified atom stereocenters. The fourth-order valence-corrected chi connectivity index (χ4v) is 9.10. The maximum Gasteiger partial charge on any atom is 0.164 e. The van der Waals surface area contributed by atoms with E-state index in [2.05, 4.69) is 158 Å². The molecule has 234 valence electrons. The van der Waals surface area contributed by atoms with E-state index in [-0.39, 0.29) is 0 Å². The van der Waals surface area contributed by atoms with Crippen molar-refractivity contribution in [2.75, 3.05) is 0 Å². The number of fused-ring (bicyclic) bond motifs is 6. The average Bonchev–Trinajstić information content (AvgIpc) is 3.76. The Morgan fingerprint density at radius 2 is 0.660 bits per heavy atom. The summed E-state index contributed by atoms with van der Waals surface area (Å²) in [6.07, 6.45) is 0. The van der Waals surface area contributed by atoms with Crippen LogP contribution in [0.25, 0.3) is 96.8 Å². The van der Waals surface area contributed by atoms with Gasteiger partial charge in [-0.25, -0.2) is 15.0 Å². The average molecular weight is 674 g/mol. The second-order valence-electron chi connectivity index (χ2n) is 12.4. The molecule has 3 aromatic heterocycles. The summed E-state index contributed by atoms with van der Waals surface area (Å²) in [6, 6.07) is 58.0. The summed E-state index contributed by atoms with van der Waals surface area (Å²) in [7, 11) is 0. The zero-order chi connectivity index (χ0) is 33.0. The molecule has 0 amide bonds. The summed E-state index contributed by atoms with van der Waals surface area (Å²) in [6.45, 7) is 0. The molecule has 0 aliphatic rings. The second-order valence-corrected chi connectivity index (χ2v) is 14.6. The van der Waals surface area contributed by atoms with E-state index in [1.165, 1.54) is 45.9 Å². The van der Waals surface area contributed by atoms with Gasteiger partial charge in [0.15, 0.2) is 17.5 Å². The summed E-state index contributed by atoms with van der Waals surface area (Å²) in [5.41, 5.74) is 7.51. The fourth-order valence-electron chi connectivity index (χ4n) is 6.81. The summed E-state index contributed by atoms with van der Waals surface area (Å²) in [5, 5.41) is 5.15. The van der Waals surface area contributed by atoms with E-state index in [1.807, 2.05) is 17.4 Å². The number of rotatable bonds is 5. The first kappa shape index (κ1) is 29.0. The topological polar surface area (TPSA) is 38.7 Å². The molecule has 10 rings (SSSR count). The van der Waals surface area contributed by atoms with Crippen LogP contribution in [-0.4, -0.2) is 15.0 Å². The molecule has 0 spiro atoms. The monoisotopic (exact) mass is 673 g/mol.